The summed E-state index contributed by atoms with van der Waals surface area (Å²) >= 11 is 1.75. The fourth-order valence-electron chi connectivity index (χ4n) is 8.02. The number of hydrogen-bond acceptors (Lipinski definition) is 4. The van der Waals surface area contributed by atoms with Gasteiger partial charge in [0.15, 0.2) is 11.6 Å². The minimum Gasteiger partial charge on any atom is -0.337 e. The maximum Gasteiger partial charge on any atom is 0.180 e. The van der Waals surface area contributed by atoms with Crippen LogP contribution in [-0.2, 0) is 22.6 Å². The second-order valence-electron chi connectivity index (χ2n) is 14.4. The number of hydrogen-bond donors (Lipinski definition) is 0. The van der Waals surface area contributed by atoms with Crippen LogP contribution in [0.1, 0.15) is 134 Å². The number of allylic oxidation sites excluding steroid dienone is 6. The van der Waals surface area contributed by atoms with Crippen LogP contribution in [0.15, 0.2) is 61.2 Å². The molecular formula is C45H56N2O2S. The molecule has 264 valence electrons. The summed E-state index contributed by atoms with van der Waals surface area (Å²) in [6.45, 7) is 18.4. The van der Waals surface area contributed by atoms with Crippen molar-refractivity contribution in [1.29, 1.82) is 0 Å². The lowest BCUT2D eigenvalue weighted by atomic mass is 9.80. The molecule has 0 aliphatic heterocycles. The third-order valence-electron chi connectivity index (χ3n) is 10.7. The van der Waals surface area contributed by atoms with Crippen LogP contribution >= 0.6 is 11.3 Å². The number of nitrogens with zero attached hydrogens (tertiary/aromatic N) is 2. The van der Waals surface area contributed by atoms with E-state index in [1.165, 1.54) is 52.5 Å². The molecule has 1 fully saturated rings. The summed E-state index contributed by atoms with van der Waals surface area (Å²) in [5.41, 5.74) is 11.3. The van der Waals surface area contributed by atoms with Crippen molar-refractivity contribution in [2.75, 3.05) is 0 Å². The number of aromatic nitrogens is 2. The van der Waals surface area contributed by atoms with E-state index in [9.17, 15) is 9.59 Å². The summed E-state index contributed by atoms with van der Waals surface area (Å²) in [6.07, 6.45) is 24.9. The molecule has 0 spiro atoms. The number of benzene rings is 1. The molecule has 0 radical (unpaired) electrons. The van der Waals surface area contributed by atoms with Gasteiger partial charge in [-0.15, -0.1) is 17.9 Å². The zero-order chi connectivity index (χ0) is 35.8. The van der Waals surface area contributed by atoms with Gasteiger partial charge in [0.1, 0.15) is 0 Å². The first-order chi connectivity index (χ1) is 24.2. The summed E-state index contributed by atoms with van der Waals surface area (Å²) in [7, 11) is 0. The van der Waals surface area contributed by atoms with E-state index in [-0.39, 0.29) is 11.7 Å². The Kier molecular flexibility index (Phi) is 13.0. The average Bonchev–Trinajstić information content (AvgIpc) is 3.49. The van der Waals surface area contributed by atoms with Crippen molar-refractivity contribution in [2.24, 2.45) is 5.92 Å². The Labute approximate surface area is 304 Å². The highest BCUT2D eigenvalue weighted by molar-refractivity contribution is 7.12. The fraction of sp³-hybridized carbons (Fsp3) is 0.444. The van der Waals surface area contributed by atoms with Gasteiger partial charge in [0, 0.05) is 11.6 Å². The minimum absolute atomic E-state index is 0.0407. The number of aryl methyl sites for hydroxylation is 2. The maximum absolute atomic E-state index is 14.3. The van der Waals surface area contributed by atoms with Crippen LogP contribution in [0.25, 0.3) is 29.0 Å². The molecule has 1 aromatic carbocycles. The SMILES string of the molecule is C=CCCCCC(CCC)C(=O)Cn1c(C)c(/C=C(\C)C(=O)C=C)c(C2CCCCC2)c1-c1ccc2c(c1)C=CC(c1sc(C)nc1C)=CC2. The van der Waals surface area contributed by atoms with E-state index in [0.29, 0.717) is 23.8 Å². The molecule has 2 aliphatic rings. The predicted molar refractivity (Wildman–Crippen MR) is 214 cm³/mol. The second-order valence-corrected chi connectivity index (χ2v) is 15.6. The zero-order valence-electron chi connectivity index (χ0n) is 31.1. The van der Waals surface area contributed by atoms with E-state index < -0.39 is 0 Å². The predicted octanol–water partition coefficient (Wildman–Crippen LogP) is 12.1. The molecule has 2 aliphatic carbocycles. The molecule has 1 unspecified atom stereocenters. The molecule has 0 N–H and O–H groups in total. The average molecular weight is 689 g/mol. The first-order valence-corrected chi connectivity index (χ1v) is 19.7. The highest BCUT2D eigenvalue weighted by Crippen LogP contribution is 2.45. The Hall–Kier alpha value is -3.83. The number of thiazole rings is 1. The molecule has 2 aromatic heterocycles. The van der Waals surface area contributed by atoms with Gasteiger partial charge in [-0.3, -0.25) is 9.59 Å². The third-order valence-corrected chi connectivity index (χ3v) is 11.9. The van der Waals surface area contributed by atoms with Crippen LogP contribution in [0.2, 0.25) is 0 Å². The molecule has 50 heavy (non-hydrogen) atoms. The Morgan fingerprint density at radius 2 is 1.84 bits per heavy atom. The van der Waals surface area contributed by atoms with Gasteiger partial charge >= 0.3 is 0 Å². The van der Waals surface area contributed by atoms with Crippen molar-refractivity contribution in [2.45, 2.75) is 124 Å². The topological polar surface area (TPSA) is 52.0 Å². The Morgan fingerprint density at radius 1 is 1.06 bits per heavy atom. The van der Waals surface area contributed by atoms with Crippen molar-refractivity contribution in [1.82, 2.24) is 9.55 Å². The number of ketones is 2. The summed E-state index contributed by atoms with van der Waals surface area (Å²) in [4.78, 5) is 33.1. The summed E-state index contributed by atoms with van der Waals surface area (Å²) in [6, 6.07) is 6.88. The molecule has 1 saturated carbocycles. The number of Topliss-reactive ketones (excluding diaryl/α,β-unsaturated/α-hetero) is 1. The zero-order valence-corrected chi connectivity index (χ0v) is 31.9. The summed E-state index contributed by atoms with van der Waals surface area (Å²) in [5.74, 6) is 0.668. The lowest BCUT2D eigenvalue weighted by Gasteiger charge is -2.25. The second kappa shape index (κ2) is 17.4. The van der Waals surface area contributed by atoms with Gasteiger partial charge in [-0.25, -0.2) is 4.98 Å². The van der Waals surface area contributed by atoms with Crippen molar-refractivity contribution in [3.05, 3.63) is 105 Å². The van der Waals surface area contributed by atoms with E-state index in [4.69, 9.17) is 0 Å². The van der Waals surface area contributed by atoms with Crippen LogP contribution in [0, 0.1) is 26.7 Å². The van der Waals surface area contributed by atoms with E-state index in [1.54, 1.807) is 11.3 Å². The van der Waals surface area contributed by atoms with Gasteiger partial charge in [-0.2, -0.15) is 0 Å². The van der Waals surface area contributed by atoms with Crippen molar-refractivity contribution in [3.63, 3.8) is 0 Å². The van der Waals surface area contributed by atoms with Crippen LogP contribution in [0.4, 0.5) is 0 Å². The van der Waals surface area contributed by atoms with Gasteiger partial charge in [-0.05, 0) is 136 Å². The molecule has 2 heterocycles. The highest BCUT2D eigenvalue weighted by Gasteiger charge is 2.30. The molecule has 3 aromatic rings. The maximum atomic E-state index is 14.3. The van der Waals surface area contributed by atoms with Crippen LogP contribution in [0.5, 0.6) is 0 Å². The number of fused-ring (bicyclic) bond motifs is 1. The Balaban J connectivity index is 1.65. The first-order valence-electron chi connectivity index (χ1n) is 18.8. The third kappa shape index (κ3) is 8.54. The molecule has 5 rings (SSSR count). The van der Waals surface area contributed by atoms with Gasteiger partial charge in [0.2, 0.25) is 0 Å². The van der Waals surface area contributed by atoms with Gasteiger partial charge in [-0.1, -0.05) is 82.0 Å². The molecule has 4 nitrogen and oxygen atoms in total. The van der Waals surface area contributed by atoms with Crippen LogP contribution < -0.4 is 0 Å². The van der Waals surface area contributed by atoms with Crippen molar-refractivity contribution >= 4 is 40.6 Å². The van der Waals surface area contributed by atoms with E-state index >= 15 is 0 Å². The lowest BCUT2D eigenvalue weighted by molar-refractivity contribution is -0.124. The van der Waals surface area contributed by atoms with E-state index in [1.807, 2.05) is 13.0 Å². The van der Waals surface area contributed by atoms with E-state index in [2.05, 4.69) is 92.9 Å². The number of rotatable bonds is 16. The van der Waals surface area contributed by atoms with Crippen LogP contribution in [-0.4, -0.2) is 21.1 Å². The molecule has 0 saturated heterocycles. The Bertz CT molecular complexity index is 1820. The van der Waals surface area contributed by atoms with Gasteiger partial charge in [0.25, 0.3) is 0 Å². The molecular weight excluding hydrogens is 633 g/mol. The largest absolute Gasteiger partial charge is 0.337 e. The minimum atomic E-state index is -0.0586. The van der Waals surface area contributed by atoms with Crippen molar-refractivity contribution < 1.29 is 9.59 Å². The van der Waals surface area contributed by atoms with Gasteiger partial charge in [0.05, 0.1) is 27.8 Å². The quantitative estimate of drug-likeness (QED) is 0.0855. The van der Waals surface area contributed by atoms with Gasteiger partial charge < -0.3 is 4.57 Å². The summed E-state index contributed by atoms with van der Waals surface area (Å²) < 4.78 is 2.31. The Morgan fingerprint density at radius 3 is 2.52 bits per heavy atom. The smallest absolute Gasteiger partial charge is 0.180 e. The van der Waals surface area contributed by atoms with Crippen molar-refractivity contribution in [3.8, 4) is 11.3 Å². The first kappa shape index (κ1) is 37.4. The lowest BCUT2D eigenvalue weighted by Crippen LogP contribution is -2.22. The summed E-state index contributed by atoms with van der Waals surface area (Å²) in [5, 5.41) is 1.09. The van der Waals surface area contributed by atoms with E-state index in [0.717, 1.165) is 91.0 Å². The number of carbonyl (C=O) groups excluding carboxylic acids is 2. The normalized spacial score (nSPS) is 15.7. The fourth-order valence-corrected chi connectivity index (χ4v) is 8.96. The highest BCUT2D eigenvalue weighted by atomic mass is 32.1. The number of unbranched alkanes of at least 4 members (excludes halogenated alkanes) is 2. The van der Waals surface area contributed by atoms with Crippen LogP contribution in [0.3, 0.4) is 0 Å². The molecule has 0 bridgehead atoms. The molecule has 0 amide bonds. The standard InChI is InChI=1S/C45H56N2O2S/c1-8-11-12-14-18-35(17-9-2)42(49)29-47-32(6)40(27-30(4)41(48)10-3)43(36-19-15-13-16-20-36)44(47)39-26-22-34-21-23-37(24-25-38(34)28-39)45-31(5)46-33(7)50-45/h8,10,22-28,35-36H,1,3,9,11-21,29H2,2,4-7H3/b30-27+. The monoisotopic (exact) mass is 688 g/mol. The number of carbonyl (C=O) groups is 2. The molecule has 5 heteroatoms. The molecule has 1 atom stereocenters.